The van der Waals surface area contributed by atoms with Gasteiger partial charge in [-0.1, -0.05) is 40.2 Å². The Morgan fingerprint density at radius 3 is 2.54 bits per heavy atom. The minimum atomic E-state index is 0.434. The molecule has 1 aliphatic heterocycles. The largest absolute Gasteiger partial charge is 0.232 e. The quantitative estimate of drug-likeness (QED) is 0.304. The van der Waals surface area contributed by atoms with E-state index in [0.717, 1.165) is 39.5 Å². The molecule has 0 spiro atoms. The molecule has 1 aromatic carbocycles. The molecule has 0 saturated heterocycles. The third kappa shape index (κ3) is 3.71. The van der Waals surface area contributed by atoms with Crippen molar-refractivity contribution < 1.29 is 0 Å². The van der Waals surface area contributed by atoms with Gasteiger partial charge < -0.3 is 0 Å². The number of nitrogens with zero attached hydrogens (tertiary/aromatic N) is 2. The summed E-state index contributed by atoms with van der Waals surface area (Å²) in [7, 11) is 0. The average Bonchev–Trinajstić information content (AvgIpc) is 3.42. The first kappa shape index (κ1) is 18.6. The number of hydrogen-bond acceptors (Lipinski definition) is 5. The van der Waals surface area contributed by atoms with Gasteiger partial charge in [-0.25, -0.2) is 9.97 Å². The van der Waals surface area contributed by atoms with Gasteiger partial charge in [-0.3, -0.25) is 0 Å². The second-order valence-corrected chi connectivity index (χ2v) is 10.7. The van der Waals surface area contributed by atoms with Crippen LogP contribution in [-0.4, -0.2) is 15.7 Å². The molecule has 1 atom stereocenters. The summed E-state index contributed by atoms with van der Waals surface area (Å²) >= 11 is 9.13. The number of hydrogen-bond donors (Lipinski definition) is 0. The summed E-state index contributed by atoms with van der Waals surface area (Å²) in [5, 5.41) is 4.29. The number of halogens is 1. The molecule has 4 aromatic rings. The lowest BCUT2D eigenvalue weighted by Crippen LogP contribution is -2.17. The van der Waals surface area contributed by atoms with E-state index >= 15 is 0 Å². The van der Waals surface area contributed by atoms with Crippen LogP contribution in [0.5, 0.6) is 0 Å². The zero-order chi connectivity index (χ0) is 18.9. The number of aromatic nitrogens is 2. The Balaban J connectivity index is 1.65. The molecule has 6 heteroatoms. The Morgan fingerprint density at radius 2 is 1.79 bits per heavy atom. The second kappa shape index (κ2) is 8.11. The fourth-order valence-corrected chi connectivity index (χ4v) is 6.49. The Bertz CT molecular complexity index is 1070. The van der Waals surface area contributed by atoms with Gasteiger partial charge in [0.2, 0.25) is 0 Å². The van der Waals surface area contributed by atoms with E-state index in [4.69, 9.17) is 9.97 Å². The molecule has 0 radical (unpaired) electrons. The summed E-state index contributed by atoms with van der Waals surface area (Å²) in [4.78, 5) is 12.8. The van der Waals surface area contributed by atoms with Crippen LogP contribution < -0.4 is 0 Å². The monoisotopic (exact) mass is 484 g/mol. The van der Waals surface area contributed by atoms with Crippen LogP contribution in [0.15, 0.2) is 63.8 Å². The zero-order valence-corrected chi connectivity index (χ0v) is 19.0. The van der Waals surface area contributed by atoms with Crippen LogP contribution in [0, 0.1) is 0 Å². The standard InChI is InChI=1S/C22H17BrN2S3/c23-16-7-5-14(6-8-16)22-24-20-15(11-17-3-1-9-27-17)12-26-13-18(20)21(25-22)19-4-2-10-28-19/h1-10,15H,11-13H2. The van der Waals surface area contributed by atoms with Gasteiger partial charge in [0, 0.05) is 37.9 Å². The molecule has 2 nitrogen and oxygen atoms in total. The van der Waals surface area contributed by atoms with Crippen molar-refractivity contribution in [2.24, 2.45) is 0 Å². The number of thioether (sulfide) groups is 1. The van der Waals surface area contributed by atoms with E-state index in [2.05, 4.69) is 75.2 Å². The van der Waals surface area contributed by atoms with Crippen LogP contribution in [0.2, 0.25) is 0 Å². The molecule has 0 N–H and O–H groups in total. The fraction of sp³-hybridized carbons (Fsp3) is 0.182. The molecule has 0 amide bonds. The van der Waals surface area contributed by atoms with Gasteiger partial charge >= 0.3 is 0 Å². The molecule has 0 bridgehead atoms. The molecular weight excluding hydrogens is 468 g/mol. The van der Waals surface area contributed by atoms with Crippen molar-refractivity contribution in [1.29, 1.82) is 0 Å². The van der Waals surface area contributed by atoms with Gasteiger partial charge in [-0.15, -0.1) is 22.7 Å². The van der Waals surface area contributed by atoms with Gasteiger partial charge in [-0.05, 0) is 41.4 Å². The van der Waals surface area contributed by atoms with E-state index in [1.165, 1.54) is 21.0 Å². The highest BCUT2D eigenvalue weighted by Crippen LogP contribution is 2.41. The maximum absolute atomic E-state index is 5.12. The Labute approximate surface area is 185 Å². The van der Waals surface area contributed by atoms with Gasteiger partial charge in [-0.2, -0.15) is 11.8 Å². The number of thiophene rings is 2. The zero-order valence-electron chi connectivity index (χ0n) is 15.0. The molecule has 0 saturated carbocycles. The predicted molar refractivity (Wildman–Crippen MR) is 125 cm³/mol. The summed E-state index contributed by atoms with van der Waals surface area (Å²) in [5.74, 6) is 3.37. The first-order valence-corrected chi connectivity index (χ1v) is 12.8. The lowest BCUT2D eigenvalue weighted by molar-refractivity contribution is 0.728. The van der Waals surface area contributed by atoms with Crippen molar-refractivity contribution in [3.05, 3.63) is 79.9 Å². The molecule has 4 heterocycles. The number of fused-ring (bicyclic) bond motifs is 1. The summed E-state index contributed by atoms with van der Waals surface area (Å²) < 4.78 is 1.07. The molecule has 0 aliphatic carbocycles. The van der Waals surface area contributed by atoms with Crippen molar-refractivity contribution in [2.75, 3.05) is 5.75 Å². The summed E-state index contributed by atoms with van der Waals surface area (Å²) in [6.45, 7) is 0. The lowest BCUT2D eigenvalue weighted by atomic mass is 9.96. The highest BCUT2D eigenvalue weighted by atomic mass is 79.9. The minimum Gasteiger partial charge on any atom is -0.232 e. The maximum atomic E-state index is 5.12. The molecule has 3 aromatic heterocycles. The van der Waals surface area contributed by atoms with Crippen LogP contribution in [-0.2, 0) is 12.2 Å². The van der Waals surface area contributed by atoms with E-state index in [-0.39, 0.29) is 0 Å². The van der Waals surface area contributed by atoms with Gasteiger partial charge in [0.1, 0.15) is 0 Å². The molecular formula is C22H17BrN2S3. The van der Waals surface area contributed by atoms with Crippen molar-refractivity contribution in [3.63, 3.8) is 0 Å². The summed E-state index contributed by atoms with van der Waals surface area (Å²) in [6.07, 6.45) is 1.05. The highest BCUT2D eigenvalue weighted by molar-refractivity contribution is 9.10. The van der Waals surface area contributed by atoms with Gasteiger partial charge in [0.25, 0.3) is 0 Å². The van der Waals surface area contributed by atoms with Crippen molar-refractivity contribution >= 4 is 50.4 Å². The normalized spacial score (nSPS) is 16.1. The highest BCUT2D eigenvalue weighted by Gasteiger charge is 2.27. The van der Waals surface area contributed by atoms with Crippen molar-refractivity contribution in [3.8, 4) is 22.0 Å². The molecule has 28 heavy (non-hydrogen) atoms. The second-order valence-electron chi connectivity index (χ2n) is 6.74. The first-order chi connectivity index (χ1) is 13.8. The number of rotatable bonds is 4. The third-order valence-corrected chi connectivity index (χ3v) is 8.31. The SMILES string of the molecule is Brc1ccc(-c2nc(-c3cccs3)c3c(n2)C(Cc2cccs2)CSC3)cc1. The van der Waals surface area contributed by atoms with Crippen molar-refractivity contribution in [2.45, 2.75) is 18.1 Å². The van der Waals surface area contributed by atoms with Crippen LogP contribution in [0.25, 0.3) is 22.0 Å². The smallest absolute Gasteiger partial charge is 0.160 e. The predicted octanol–water partition coefficient (Wildman–Crippen LogP) is 7.27. The van der Waals surface area contributed by atoms with Crippen LogP contribution in [0.3, 0.4) is 0 Å². The number of benzene rings is 1. The molecule has 140 valence electrons. The molecule has 1 unspecified atom stereocenters. The van der Waals surface area contributed by atoms with E-state index in [1.54, 1.807) is 11.3 Å². The Kier molecular flexibility index (Phi) is 5.37. The lowest BCUT2D eigenvalue weighted by Gasteiger charge is -2.26. The van der Waals surface area contributed by atoms with Gasteiger partial charge in [0.05, 0.1) is 16.3 Å². The van der Waals surface area contributed by atoms with Crippen molar-refractivity contribution in [1.82, 2.24) is 9.97 Å². The van der Waals surface area contributed by atoms with E-state index in [1.807, 2.05) is 23.1 Å². The van der Waals surface area contributed by atoms with Crippen LogP contribution >= 0.6 is 50.4 Å². The fourth-order valence-electron chi connectivity index (χ4n) is 3.54. The molecule has 5 rings (SSSR count). The van der Waals surface area contributed by atoms with Gasteiger partial charge in [0.15, 0.2) is 5.82 Å². The van der Waals surface area contributed by atoms with E-state index in [9.17, 15) is 0 Å². The topological polar surface area (TPSA) is 25.8 Å². The van der Waals surface area contributed by atoms with Crippen LogP contribution in [0.1, 0.15) is 22.1 Å². The maximum Gasteiger partial charge on any atom is 0.160 e. The van der Waals surface area contributed by atoms with Crippen LogP contribution in [0.4, 0.5) is 0 Å². The Hall–Kier alpha value is -1.47. The van der Waals surface area contributed by atoms with E-state index in [0.29, 0.717) is 5.92 Å². The first-order valence-electron chi connectivity index (χ1n) is 9.08. The average molecular weight is 485 g/mol. The minimum absolute atomic E-state index is 0.434. The van der Waals surface area contributed by atoms with E-state index < -0.39 is 0 Å². The summed E-state index contributed by atoms with van der Waals surface area (Å²) in [5.41, 5.74) is 4.74. The summed E-state index contributed by atoms with van der Waals surface area (Å²) in [6, 6.07) is 17.0. The molecule has 1 aliphatic rings. The molecule has 0 fully saturated rings. The Morgan fingerprint density at radius 1 is 0.964 bits per heavy atom. The third-order valence-electron chi connectivity index (χ3n) is 4.88.